The predicted molar refractivity (Wildman–Crippen MR) is 84.5 cm³/mol. The molecule has 3 nitrogen and oxygen atoms in total. The molecule has 1 saturated heterocycles. The van der Waals surface area contributed by atoms with Gasteiger partial charge in [-0.2, -0.15) is 0 Å². The van der Waals surface area contributed by atoms with Gasteiger partial charge in [0.15, 0.2) is 6.61 Å². The number of likely N-dealkylation sites (tertiary alicyclic amines) is 1. The lowest BCUT2D eigenvalue weighted by Gasteiger charge is -2.20. The Labute approximate surface area is 125 Å². The first-order valence-electron chi connectivity index (χ1n) is 7.73. The monoisotopic (exact) mass is 283 g/mol. The highest BCUT2D eigenvalue weighted by atomic mass is 16.5. The maximum atomic E-state index is 12.3. The molecule has 0 aliphatic carbocycles. The molecule has 110 valence electrons. The number of ether oxygens (including phenoxy) is 1. The van der Waals surface area contributed by atoms with Crippen LogP contribution in [0.1, 0.15) is 25.7 Å². The third kappa shape index (κ3) is 3.35. The number of nitrogens with zero attached hydrogens (tertiary/aromatic N) is 1. The van der Waals surface area contributed by atoms with Crippen LogP contribution in [0, 0.1) is 0 Å². The molecule has 0 bridgehead atoms. The molecule has 1 fully saturated rings. The van der Waals surface area contributed by atoms with E-state index >= 15 is 0 Å². The first-order valence-corrected chi connectivity index (χ1v) is 7.73. The van der Waals surface area contributed by atoms with E-state index in [1.165, 1.54) is 12.8 Å². The van der Waals surface area contributed by atoms with Crippen LogP contribution in [0.3, 0.4) is 0 Å². The average Bonchev–Trinajstić information content (AvgIpc) is 2.82. The minimum Gasteiger partial charge on any atom is -0.483 e. The second-order valence-electron chi connectivity index (χ2n) is 5.56. The zero-order valence-corrected chi connectivity index (χ0v) is 12.3. The number of amides is 1. The normalized spacial score (nSPS) is 15.7. The average molecular weight is 283 g/mol. The number of fused-ring (bicyclic) bond motifs is 1. The van der Waals surface area contributed by atoms with Gasteiger partial charge in [0.05, 0.1) is 0 Å². The quantitative estimate of drug-likeness (QED) is 0.861. The van der Waals surface area contributed by atoms with Crippen LogP contribution < -0.4 is 4.74 Å². The van der Waals surface area contributed by atoms with E-state index in [1.54, 1.807) is 0 Å². The lowest BCUT2D eigenvalue weighted by atomic mass is 10.1. The van der Waals surface area contributed by atoms with Crippen LogP contribution in [0.15, 0.2) is 42.5 Å². The molecule has 0 radical (unpaired) electrons. The van der Waals surface area contributed by atoms with Crippen molar-refractivity contribution in [2.24, 2.45) is 0 Å². The molecular weight excluding hydrogens is 262 g/mol. The fourth-order valence-electron chi connectivity index (χ4n) is 2.87. The Morgan fingerprint density at radius 1 is 0.952 bits per heavy atom. The Morgan fingerprint density at radius 2 is 1.67 bits per heavy atom. The van der Waals surface area contributed by atoms with E-state index in [-0.39, 0.29) is 12.5 Å². The Bertz CT molecular complexity index is 610. The second-order valence-corrected chi connectivity index (χ2v) is 5.56. The largest absolute Gasteiger partial charge is 0.483 e. The first-order chi connectivity index (χ1) is 10.3. The molecule has 1 heterocycles. The van der Waals surface area contributed by atoms with E-state index in [1.807, 2.05) is 35.2 Å². The third-order valence-corrected chi connectivity index (χ3v) is 4.06. The van der Waals surface area contributed by atoms with E-state index in [9.17, 15) is 4.79 Å². The van der Waals surface area contributed by atoms with Gasteiger partial charge in [-0.15, -0.1) is 0 Å². The van der Waals surface area contributed by atoms with E-state index in [2.05, 4.69) is 12.1 Å². The van der Waals surface area contributed by atoms with Crippen LogP contribution in [0.5, 0.6) is 5.75 Å². The summed E-state index contributed by atoms with van der Waals surface area (Å²) in [7, 11) is 0. The molecule has 1 aliphatic rings. The van der Waals surface area contributed by atoms with E-state index in [0.29, 0.717) is 0 Å². The summed E-state index contributed by atoms with van der Waals surface area (Å²) in [6, 6.07) is 14.0. The van der Waals surface area contributed by atoms with Crippen LogP contribution in [-0.2, 0) is 4.79 Å². The Morgan fingerprint density at radius 3 is 2.48 bits per heavy atom. The van der Waals surface area contributed by atoms with E-state index in [0.717, 1.165) is 42.5 Å². The van der Waals surface area contributed by atoms with Crippen molar-refractivity contribution >= 4 is 16.7 Å². The highest BCUT2D eigenvalue weighted by Crippen LogP contribution is 2.25. The van der Waals surface area contributed by atoms with Gasteiger partial charge >= 0.3 is 0 Å². The summed E-state index contributed by atoms with van der Waals surface area (Å²) < 4.78 is 5.78. The van der Waals surface area contributed by atoms with Gasteiger partial charge in [-0.1, -0.05) is 49.2 Å². The molecule has 0 unspecified atom stereocenters. The van der Waals surface area contributed by atoms with Gasteiger partial charge in [-0.05, 0) is 24.3 Å². The summed E-state index contributed by atoms with van der Waals surface area (Å²) in [5, 5.41) is 2.20. The predicted octanol–water partition coefficient (Wildman–Crippen LogP) is 3.62. The first kappa shape index (κ1) is 13.9. The van der Waals surface area contributed by atoms with Gasteiger partial charge in [-0.25, -0.2) is 0 Å². The molecule has 3 heteroatoms. The highest BCUT2D eigenvalue weighted by molar-refractivity contribution is 5.88. The Hall–Kier alpha value is -2.03. The lowest BCUT2D eigenvalue weighted by molar-refractivity contribution is -0.133. The number of hydrogen-bond acceptors (Lipinski definition) is 2. The van der Waals surface area contributed by atoms with Crippen molar-refractivity contribution < 1.29 is 9.53 Å². The molecule has 2 aromatic rings. The molecule has 0 aromatic heterocycles. The Kier molecular flexibility index (Phi) is 4.39. The number of benzene rings is 2. The second kappa shape index (κ2) is 6.61. The standard InChI is InChI=1S/C18H21NO2/c20-18(19-12-5-1-2-6-13-19)14-21-17-11-7-9-15-8-3-4-10-16(15)17/h3-4,7-11H,1-2,5-6,12-14H2. The van der Waals surface area contributed by atoms with Gasteiger partial charge in [0.1, 0.15) is 5.75 Å². The SMILES string of the molecule is O=C(COc1cccc2ccccc12)N1CCCCCC1. The fourth-order valence-corrected chi connectivity index (χ4v) is 2.87. The van der Waals surface area contributed by atoms with Crippen LogP contribution in [0.4, 0.5) is 0 Å². The molecule has 21 heavy (non-hydrogen) atoms. The summed E-state index contributed by atoms with van der Waals surface area (Å²) >= 11 is 0. The Balaban J connectivity index is 1.67. The summed E-state index contributed by atoms with van der Waals surface area (Å²) in [5.74, 6) is 0.890. The van der Waals surface area contributed by atoms with Gasteiger partial charge in [0, 0.05) is 18.5 Å². The summed E-state index contributed by atoms with van der Waals surface area (Å²) in [4.78, 5) is 14.2. The minimum atomic E-state index is 0.102. The lowest BCUT2D eigenvalue weighted by Crippen LogP contribution is -2.35. The van der Waals surface area contributed by atoms with Gasteiger partial charge in [-0.3, -0.25) is 4.79 Å². The summed E-state index contributed by atoms with van der Waals surface area (Å²) in [6.45, 7) is 1.88. The number of carbonyl (C=O) groups is 1. The van der Waals surface area contributed by atoms with Crippen molar-refractivity contribution in [1.82, 2.24) is 4.90 Å². The van der Waals surface area contributed by atoms with Crippen molar-refractivity contribution in [2.45, 2.75) is 25.7 Å². The van der Waals surface area contributed by atoms with Crippen LogP contribution in [0.2, 0.25) is 0 Å². The van der Waals surface area contributed by atoms with Crippen molar-refractivity contribution in [1.29, 1.82) is 0 Å². The van der Waals surface area contributed by atoms with Crippen molar-refractivity contribution in [2.75, 3.05) is 19.7 Å². The van der Waals surface area contributed by atoms with Gasteiger partial charge in [0.25, 0.3) is 5.91 Å². The molecule has 1 amide bonds. The molecule has 0 saturated carbocycles. The van der Waals surface area contributed by atoms with Gasteiger partial charge < -0.3 is 9.64 Å². The van der Waals surface area contributed by atoms with Crippen LogP contribution in [-0.4, -0.2) is 30.5 Å². The minimum absolute atomic E-state index is 0.102. The van der Waals surface area contributed by atoms with Crippen LogP contribution >= 0.6 is 0 Å². The third-order valence-electron chi connectivity index (χ3n) is 4.06. The molecule has 0 spiro atoms. The molecule has 1 aliphatic heterocycles. The molecule has 3 rings (SSSR count). The summed E-state index contributed by atoms with van der Waals surface area (Å²) in [6.07, 6.45) is 4.68. The van der Waals surface area contributed by atoms with Gasteiger partial charge in [0.2, 0.25) is 0 Å². The number of carbonyl (C=O) groups excluding carboxylic acids is 1. The number of rotatable bonds is 3. The van der Waals surface area contributed by atoms with Crippen molar-refractivity contribution in [3.63, 3.8) is 0 Å². The topological polar surface area (TPSA) is 29.5 Å². The smallest absolute Gasteiger partial charge is 0.260 e. The molecular formula is C18H21NO2. The molecule has 0 N–H and O–H groups in total. The maximum Gasteiger partial charge on any atom is 0.260 e. The van der Waals surface area contributed by atoms with Crippen molar-refractivity contribution in [3.05, 3.63) is 42.5 Å². The molecule has 0 atom stereocenters. The maximum absolute atomic E-state index is 12.3. The molecule has 2 aromatic carbocycles. The highest BCUT2D eigenvalue weighted by Gasteiger charge is 2.16. The van der Waals surface area contributed by atoms with Crippen molar-refractivity contribution in [3.8, 4) is 5.75 Å². The van der Waals surface area contributed by atoms with E-state index in [4.69, 9.17) is 4.74 Å². The zero-order chi connectivity index (χ0) is 14.5. The number of hydrogen-bond donors (Lipinski definition) is 0. The summed E-state index contributed by atoms with van der Waals surface area (Å²) in [5.41, 5.74) is 0. The zero-order valence-electron chi connectivity index (χ0n) is 12.3. The fraction of sp³-hybridized carbons (Fsp3) is 0.389. The van der Waals surface area contributed by atoms with E-state index < -0.39 is 0 Å². The van der Waals surface area contributed by atoms with Crippen LogP contribution in [0.25, 0.3) is 10.8 Å².